The van der Waals surface area contributed by atoms with Crippen molar-refractivity contribution in [1.29, 1.82) is 0 Å². The van der Waals surface area contributed by atoms with Gasteiger partial charge in [-0.2, -0.15) is 0 Å². The van der Waals surface area contributed by atoms with E-state index >= 15 is 0 Å². The van der Waals surface area contributed by atoms with Gasteiger partial charge in [-0.05, 0) is 26.0 Å². The van der Waals surface area contributed by atoms with Crippen LogP contribution >= 0.6 is 11.3 Å². The highest BCUT2D eigenvalue weighted by molar-refractivity contribution is 7.14. The number of nitrogens with one attached hydrogen (secondary N) is 2. The lowest BCUT2D eigenvalue weighted by Gasteiger charge is -2.07. The van der Waals surface area contributed by atoms with Crippen LogP contribution < -0.4 is 15.4 Å². The molecule has 0 spiro atoms. The molecule has 120 valence electrons. The first-order chi connectivity index (χ1) is 11.1. The summed E-state index contributed by atoms with van der Waals surface area (Å²) in [7, 11) is 1.61. The van der Waals surface area contributed by atoms with E-state index in [9.17, 15) is 4.79 Å². The van der Waals surface area contributed by atoms with E-state index in [1.165, 1.54) is 11.3 Å². The zero-order chi connectivity index (χ0) is 16.4. The third kappa shape index (κ3) is 3.29. The van der Waals surface area contributed by atoms with Gasteiger partial charge >= 0.3 is 6.03 Å². The number of hydrogen-bond donors (Lipinski definition) is 2. The summed E-state index contributed by atoms with van der Waals surface area (Å²) in [6, 6.07) is 7.41. The molecule has 0 aliphatic rings. The molecule has 0 saturated heterocycles. The molecule has 0 aliphatic carbocycles. The van der Waals surface area contributed by atoms with Crippen LogP contribution in [0.25, 0.3) is 22.4 Å². The monoisotopic (exact) mass is 331 g/mol. The molecule has 2 heterocycles. The standard InChI is InChI=1S/C16H17N3O3S/c1-9(2)17-15(20)19-16-18-11(8-23-16)13-7-10-5-4-6-12(21-3)14(10)22-13/h4-9H,1-3H3,(H2,17,18,19,20). The molecule has 2 amide bonds. The number of methoxy groups -OCH3 is 1. The van der Waals surface area contributed by atoms with E-state index in [2.05, 4.69) is 15.6 Å². The highest BCUT2D eigenvalue weighted by Gasteiger charge is 2.14. The van der Waals surface area contributed by atoms with Crippen molar-refractivity contribution in [2.24, 2.45) is 0 Å². The van der Waals surface area contributed by atoms with E-state index < -0.39 is 0 Å². The van der Waals surface area contributed by atoms with Gasteiger partial charge in [0.15, 0.2) is 22.2 Å². The highest BCUT2D eigenvalue weighted by Crippen LogP contribution is 2.34. The summed E-state index contributed by atoms with van der Waals surface area (Å²) in [6.07, 6.45) is 0. The molecule has 0 fully saturated rings. The molecular formula is C16H17N3O3S. The van der Waals surface area contributed by atoms with E-state index in [1.807, 2.05) is 43.5 Å². The molecule has 7 heteroatoms. The second kappa shape index (κ2) is 6.29. The van der Waals surface area contributed by atoms with Crippen molar-refractivity contribution < 1.29 is 13.9 Å². The zero-order valence-electron chi connectivity index (χ0n) is 13.0. The first kappa shape index (κ1) is 15.4. The number of fused-ring (bicyclic) bond motifs is 1. The lowest BCUT2D eigenvalue weighted by molar-refractivity contribution is 0.250. The van der Waals surface area contributed by atoms with Crippen LogP contribution in [0, 0.1) is 0 Å². The number of aromatic nitrogens is 1. The Hall–Kier alpha value is -2.54. The molecule has 0 radical (unpaired) electrons. The summed E-state index contributed by atoms with van der Waals surface area (Å²) in [4.78, 5) is 16.1. The van der Waals surface area contributed by atoms with Crippen LogP contribution in [0.2, 0.25) is 0 Å². The second-order valence-electron chi connectivity index (χ2n) is 5.28. The lowest BCUT2D eigenvalue weighted by Crippen LogP contribution is -2.34. The molecule has 0 aliphatic heterocycles. The minimum absolute atomic E-state index is 0.0669. The van der Waals surface area contributed by atoms with Crippen molar-refractivity contribution in [3.63, 3.8) is 0 Å². The minimum Gasteiger partial charge on any atom is -0.493 e. The van der Waals surface area contributed by atoms with E-state index in [4.69, 9.17) is 9.15 Å². The summed E-state index contributed by atoms with van der Waals surface area (Å²) in [5, 5.41) is 8.77. The Morgan fingerprint density at radius 1 is 1.39 bits per heavy atom. The van der Waals surface area contributed by atoms with Crippen LogP contribution in [0.1, 0.15) is 13.8 Å². The largest absolute Gasteiger partial charge is 0.493 e. The van der Waals surface area contributed by atoms with E-state index in [0.717, 1.165) is 5.39 Å². The second-order valence-corrected chi connectivity index (χ2v) is 6.14. The van der Waals surface area contributed by atoms with Crippen LogP contribution in [0.5, 0.6) is 5.75 Å². The Morgan fingerprint density at radius 2 is 2.22 bits per heavy atom. The number of carbonyl (C=O) groups excluding carboxylic acids is 1. The van der Waals surface area contributed by atoms with Gasteiger partial charge in [0.25, 0.3) is 0 Å². The number of carbonyl (C=O) groups is 1. The van der Waals surface area contributed by atoms with Crippen molar-refractivity contribution in [3.05, 3.63) is 29.6 Å². The van der Waals surface area contributed by atoms with Gasteiger partial charge in [-0.15, -0.1) is 11.3 Å². The Kier molecular flexibility index (Phi) is 4.20. The van der Waals surface area contributed by atoms with Crippen LogP contribution in [0.4, 0.5) is 9.93 Å². The maximum Gasteiger partial charge on any atom is 0.321 e. The van der Waals surface area contributed by atoms with Gasteiger partial charge in [-0.3, -0.25) is 5.32 Å². The summed E-state index contributed by atoms with van der Waals surface area (Å²) in [5.41, 5.74) is 1.36. The van der Waals surface area contributed by atoms with Gasteiger partial charge < -0.3 is 14.5 Å². The summed E-state index contributed by atoms with van der Waals surface area (Å²) < 4.78 is 11.1. The number of benzene rings is 1. The number of urea groups is 1. The van der Waals surface area contributed by atoms with E-state index in [0.29, 0.717) is 27.9 Å². The molecule has 0 saturated carbocycles. The Labute approximate surface area is 137 Å². The Morgan fingerprint density at radius 3 is 2.96 bits per heavy atom. The molecule has 1 aromatic carbocycles. The quantitative estimate of drug-likeness (QED) is 0.755. The van der Waals surface area contributed by atoms with Gasteiger partial charge in [0.05, 0.1) is 7.11 Å². The third-order valence-corrected chi connectivity index (χ3v) is 3.88. The van der Waals surface area contributed by atoms with Crippen LogP contribution in [-0.4, -0.2) is 24.2 Å². The Bertz CT molecular complexity index is 838. The molecule has 0 unspecified atom stereocenters. The van der Waals surface area contributed by atoms with Gasteiger partial charge in [-0.25, -0.2) is 9.78 Å². The van der Waals surface area contributed by atoms with Gasteiger partial charge in [0, 0.05) is 16.8 Å². The number of nitrogens with zero attached hydrogens (tertiary/aromatic N) is 1. The molecule has 6 nitrogen and oxygen atoms in total. The average Bonchev–Trinajstić information content (AvgIpc) is 3.11. The first-order valence-electron chi connectivity index (χ1n) is 7.17. The molecule has 3 aromatic rings. The Balaban J connectivity index is 1.84. The van der Waals surface area contributed by atoms with Crippen LogP contribution in [0.3, 0.4) is 0 Å². The average molecular weight is 331 g/mol. The maximum atomic E-state index is 11.7. The van der Waals surface area contributed by atoms with Crippen molar-refractivity contribution >= 4 is 33.5 Å². The fourth-order valence-electron chi connectivity index (χ4n) is 2.16. The predicted octanol–water partition coefficient (Wildman–Crippen LogP) is 4.09. The number of para-hydroxylation sites is 1. The fourth-order valence-corrected chi connectivity index (χ4v) is 2.86. The number of rotatable bonds is 4. The molecule has 2 N–H and O–H groups in total. The first-order valence-corrected chi connectivity index (χ1v) is 8.04. The van der Waals surface area contributed by atoms with Crippen LogP contribution in [-0.2, 0) is 0 Å². The third-order valence-electron chi connectivity index (χ3n) is 3.12. The smallest absolute Gasteiger partial charge is 0.321 e. The SMILES string of the molecule is COc1cccc2cc(-c3csc(NC(=O)NC(C)C)n3)oc12. The fraction of sp³-hybridized carbons (Fsp3) is 0.250. The molecular weight excluding hydrogens is 314 g/mol. The highest BCUT2D eigenvalue weighted by atomic mass is 32.1. The van der Waals surface area contributed by atoms with Crippen molar-refractivity contribution in [1.82, 2.24) is 10.3 Å². The molecule has 2 aromatic heterocycles. The molecule has 3 rings (SSSR count). The summed E-state index contributed by atoms with van der Waals surface area (Å²) in [6.45, 7) is 3.79. The summed E-state index contributed by atoms with van der Waals surface area (Å²) >= 11 is 1.35. The molecule has 0 atom stereocenters. The number of furan rings is 1. The van der Waals surface area contributed by atoms with Crippen molar-refractivity contribution in [2.75, 3.05) is 12.4 Å². The number of hydrogen-bond acceptors (Lipinski definition) is 5. The minimum atomic E-state index is -0.271. The van der Waals surface area contributed by atoms with Crippen LogP contribution in [0.15, 0.2) is 34.1 Å². The summed E-state index contributed by atoms with van der Waals surface area (Å²) in [5.74, 6) is 1.32. The van der Waals surface area contributed by atoms with E-state index in [-0.39, 0.29) is 12.1 Å². The van der Waals surface area contributed by atoms with Crippen molar-refractivity contribution in [2.45, 2.75) is 19.9 Å². The van der Waals surface area contributed by atoms with Gasteiger partial charge in [0.2, 0.25) is 0 Å². The number of anilines is 1. The maximum absolute atomic E-state index is 11.7. The predicted molar refractivity (Wildman–Crippen MR) is 91.2 cm³/mol. The zero-order valence-corrected chi connectivity index (χ0v) is 13.9. The number of thiazole rings is 1. The molecule has 23 heavy (non-hydrogen) atoms. The van der Waals surface area contributed by atoms with Gasteiger partial charge in [-0.1, -0.05) is 12.1 Å². The lowest BCUT2D eigenvalue weighted by atomic mass is 10.2. The van der Waals surface area contributed by atoms with Gasteiger partial charge in [0.1, 0.15) is 5.69 Å². The van der Waals surface area contributed by atoms with Crippen molar-refractivity contribution in [3.8, 4) is 17.2 Å². The number of ether oxygens (including phenoxy) is 1. The normalized spacial score (nSPS) is 11.0. The number of amides is 2. The molecule has 0 bridgehead atoms. The van der Waals surface area contributed by atoms with E-state index in [1.54, 1.807) is 7.11 Å². The topological polar surface area (TPSA) is 76.4 Å².